The summed E-state index contributed by atoms with van der Waals surface area (Å²) in [6.07, 6.45) is 15.1. The van der Waals surface area contributed by atoms with E-state index in [1.165, 1.54) is 84.5 Å². The third-order valence-corrected chi connectivity index (χ3v) is 5.38. The van der Waals surface area contributed by atoms with Crippen molar-refractivity contribution in [3.63, 3.8) is 0 Å². The Hall–Kier alpha value is -1.01. The zero-order valence-corrected chi connectivity index (χ0v) is 19.6. The molecule has 29 heavy (non-hydrogen) atoms. The number of hydrogen-bond acceptors (Lipinski definition) is 6. The third kappa shape index (κ3) is 17.6. The molecule has 0 aliphatic rings. The van der Waals surface area contributed by atoms with Crippen LogP contribution in [0.15, 0.2) is 0 Å². The van der Waals surface area contributed by atoms with Crippen LogP contribution in [0, 0.1) is 0 Å². The van der Waals surface area contributed by atoms with Gasteiger partial charge in [-0.2, -0.15) is 0 Å². The number of ether oxygens (including phenoxy) is 2. The second-order valence-electron chi connectivity index (χ2n) is 7.86. The van der Waals surface area contributed by atoms with Gasteiger partial charge in [0.25, 0.3) is 0 Å². The summed E-state index contributed by atoms with van der Waals surface area (Å²) in [5.74, 6) is -1.00. The molecule has 0 aromatic carbocycles. The topological polar surface area (TPSA) is 72.8 Å². The molecule has 5 nitrogen and oxygen atoms in total. The molecule has 0 aromatic heterocycles. The zero-order valence-electron chi connectivity index (χ0n) is 18.7. The Morgan fingerprint density at radius 1 is 0.793 bits per heavy atom. The predicted molar refractivity (Wildman–Crippen MR) is 121 cm³/mol. The number of carbonyl (C=O) groups excluding carboxylic acids is 2. The van der Waals surface area contributed by atoms with E-state index in [0.29, 0.717) is 11.3 Å². The highest BCUT2D eigenvalue weighted by molar-refractivity contribution is 7.80. The summed E-state index contributed by atoms with van der Waals surface area (Å²) in [7, 11) is 0. The molecule has 0 saturated carbocycles. The summed E-state index contributed by atoms with van der Waals surface area (Å²) < 4.78 is 9.95. The van der Waals surface area contributed by atoms with Gasteiger partial charge in [-0.1, -0.05) is 96.2 Å². The fraction of sp³-hybridized carbons (Fsp3) is 0.870. The van der Waals surface area contributed by atoms with Crippen LogP contribution in [0.1, 0.15) is 111 Å². The average molecular weight is 431 g/mol. The molecule has 2 atom stereocenters. The van der Waals surface area contributed by atoms with Crippen LogP contribution in [-0.2, 0) is 19.1 Å². The first kappa shape index (κ1) is 28.0. The SMILES string of the molecule is CCCCCCCCCCCCCCCC(=S)C(OC(C)=O)C(O)COC(C)=O. The molecule has 0 spiro atoms. The van der Waals surface area contributed by atoms with Crippen LogP contribution in [0.4, 0.5) is 0 Å². The third-order valence-electron chi connectivity index (χ3n) is 4.94. The summed E-state index contributed by atoms with van der Waals surface area (Å²) in [4.78, 5) is 22.7. The van der Waals surface area contributed by atoms with Crippen LogP contribution >= 0.6 is 12.2 Å². The lowest BCUT2D eigenvalue weighted by Crippen LogP contribution is -2.40. The highest BCUT2D eigenvalue weighted by Gasteiger charge is 2.27. The van der Waals surface area contributed by atoms with Crippen molar-refractivity contribution in [2.75, 3.05) is 6.61 Å². The molecule has 0 aliphatic carbocycles. The maximum atomic E-state index is 11.3. The minimum Gasteiger partial charge on any atom is -0.463 e. The van der Waals surface area contributed by atoms with Gasteiger partial charge in [-0.15, -0.1) is 0 Å². The van der Waals surface area contributed by atoms with E-state index in [-0.39, 0.29) is 6.61 Å². The Bertz CT molecular complexity index is 453. The summed E-state index contributed by atoms with van der Waals surface area (Å²) in [6.45, 7) is 4.56. The Morgan fingerprint density at radius 2 is 1.24 bits per heavy atom. The normalized spacial score (nSPS) is 13.0. The Morgan fingerprint density at radius 3 is 1.66 bits per heavy atom. The van der Waals surface area contributed by atoms with E-state index in [9.17, 15) is 14.7 Å². The first-order valence-electron chi connectivity index (χ1n) is 11.4. The van der Waals surface area contributed by atoms with Crippen molar-refractivity contribution in [1.29, 1.82) is 0 Å². The monoisotopic (exact) mass is 430 g/mol. The first-order valence-corrected chi connectivity index (χ1v) is 11.8. The Labute approximate surface area is 182 Å². The van der Waals surface area contributed by atoms with E-state index in [0.717, 1.165) is 12.8 Å². The zero-order chi connectivity index (χ0) is 21.9. The fourth-order valence-corrected chi connectivity index (χ4v) is 3.64. The van der Waals surface area contributed by atoms with Gasteiger partial charge in [-0.05, 0) is 12.8 Å². The molecule has 0 aliphatic heterocycles. The average Bonchev–Trinajstić information content (AvgIpc) is 2.67. The molecule has 0 fully saturated rings. The minimum atomic E-state index is -1.13. The number of hydrogen-bond donors (Lipinski definition) is 1. The fourth-order valence-electron chi connectivity index (χ4n) is 3.29. The van der Waals surface area contributed by atoms with E-state index in [2.05, 4.69) is 6.92 Å². The van der Waals surface area contributed by atoms with Gasteiger partial charge in [-0.25, -0.2) is 0 Å². The summed E-state index contributed by atoms with van der Waals surface area (Å²) in [5, 5.41) is 10.1. The first-order chi connectivity index (χ1) is 13.9. The molecule has 170 valence electrons. The molecule has 0 amide bonds. The molecular weight excluding hydrogens is 388 g/mol. The minimum absolute atomic E-state index is 0.230. The molecule has 0 aromatic rings. The van der Waals surface area contributed by atoms with Gasteiger partial charge in [-0.3, -0.25) is 9.59 Å². The van der Waals surface area contributed by atoms with E-state index >= 15 is 0 Å². The van der Waals surface area contributed by atoms with Gasteiger partial charge in [0.1, 0.15) is 12.7 Å². The van der Waals surface area contributed by atoms with Crippen molar-refractivity contribution < 1.29 is 24.2 Å². The highest BCUT2D eigenvalue weighted by atomic mass is 32.1. The number of esters is 2. The molecule has 0 bridgehead atoms. The molecular formula is C23H42O5S. The van der Waals surface area contributed by atoms with Crippen molar-refractivity contribution in [3.8, 4) is 0 Å². The summed E-state index contributed by atoms with van der Waals surface area (Å²) in [5.41, 5.74) is 0. The van der Waals surface area contributed by atoms with Gasteiger partial charge >= 0.3 is 11.9 Å². The number of aliphatic hydroxyl groups excluding tert-OH is 1. The van der Waals surface area contributed by atoms with Gasteiger partial charge in [0.15, 0.2) is 6.10 Å². The van der Waals surface area contributed by atoms with Crippen molar-refractivity contribution >= 4 is 29.0 Å². The number of carbonyl (C=O) groups is 2. The van der Waals surface area contributed by atoms with E-state index < -0.39 is 24.1 Å². The maximum Gasteiger partial charge on any atom is 0.303 e. The standard InChI is InChI=1S/C23H42O5S/c1-4-5-6-7-8-9-10-11-12-13-14-15-16-17-22(29)23(28-20(3)25)21(26)18-27-19(2)24/h21,23,26H,4-18H2,1-3H3. The Balaban J connectivity index is 3.82. The van der Waals surface area contributed by atoms with Crippen LogP contribution in [0.25, 0.3) is 0 Å². The quantitative estimate of drug-likeness (QED) is 0.161. The van der Waals surface area contributed by atoms with Crippen molar-refractivity contribution in [2.45, 2.75) is 123 Å². The second-order valence-corrected chi connectivity index (χ2v) is 8.38. The van der Waals surface area contributed by atoms with E-state index in [4.69, 9.17) is 21.7 Å². The molecule has 0 radical (unpaired) electrons. The second kappa shape index (κ2) is 19.0. The molecule has 6 heteroatoms. The van der Waals surface area contributed by atoms with Crippen molar-refractivity contribution in [2.24, 2.45) is 0 Å². The molecule has 0 rings (SSSR count). The summed E-state index contributed by atoms with van der Waals surface area (Å²) >= 11 is 5.36. The number of thiocarbonyl (C=S) groups is 1. The number of aliphatic hydroxyl groups is 1. The lowest BCUT2D eigenvalue weighted by molar-refractivity contribution is -0.153. The highest BCUT2D eigenvalue weighted by Crippen LogP contribution is 2.15. The molecule has 0 heterocycles. The molecule has 2 unspecified atom stereocenters. The van der Waals surface area contributed by atoms with Crippen LogP contribution in [0.5, 0.6) is 0 Å². The molecule has 0 saturated heterocycles. The van der Waals surface area contributed by atoms with Gasteiger partial charge in [0.2, 0.25) is 0 Å². The Kier molecular flexibility index (Phi) is 18.3. The molecule has 1 N–H and O–H groups in total. The van der Waals surface area contributed by atoms with E-state index in [1.54, 1.807) is 0 Å². The lowest BCUT2D eigenvalue weighted by Gasteiger charge is -2.23. The number of rotatable bonds is 19. The van der Waals surface area contributed by atoms with E-state index in [1.807, 2.05) is 0 Å². The van der Waals surface area contributed by atoms with Crippen LogP contribution < -0.4 is 0 Å². The lowest BCUT2D eigenvalue weighted by atomic mass is 10.0. The predicted octanol–water partition coefficient (Wildman–Crippen LogP) is 5.69. The smallest absolute Gasteiger partial charge is 0.303 e. The largest absolute Gasteiger partial charge is 0.463 e. The maximum absolute atomic E-state index is 11.3. The van der Waals surface area contributed by atoms with Crippen LogP contribution in [0.2, 0.25) is 0 Å². The van der Waals surface area contributed by atoms with Crippen molar-refractivity contribution in [1.82, 2.24) is 0 Å². The van der Waals surface area contributed by atoms with Gasteiger partial charge in [0.05, 0.1) is 0 Å². The van der Waals surface area contributed by atoms with Gasteiger partial charge < -0.3 is 14.6 Å². The van der Waals surface area contributed by atoms with Crippen LogP contribution in [-0.4, -0.2) is 40.7 Å². The number of unbranched alkanes of at least 4 members (excludes halogenated alkanes) is 12. The van der Waals surface area contributed by atoms with Gasteiger partial charge in [0, 0.05) is 18.7 Å². The summed E-state index contributed by atoms with van der Waals surface area (Å²) in [6, 6.07) is 0. The van der Waals surface area contributed by atoms with Crippen LogP contribution in [0.3, 0.4) is 0 Å². The van der Waals surface area contributed by atoms with Crippen molar-refractivity contribution in [3.05, 3.63) is 0 Å².